The summed E-state index contributed by atoms with van der Waals surface area (Å²) in [5.74, 6) is 0. The van der Waals surface area contributed by atoms with E-state index in [9.17, 15) is 8.42 Å². The Bertz CT molecular complexity index is 481. The second-order valence-corrected chi connectivity index (χ2v) is 6.88. The Morgan fingerprint density at radius 1 is 1.16 bits per heavy atom. The monoisotopic (exact) mass is 284 g/mol. The molecule has 0 amide bonds. The average Bonchev–Trinajstić information content (AvgIpc) is 2.34. The predicted molar refractivity (Wildman–Crippen MR) is 79.4 cm³/mol. The minimum atomic E-state index is -3.42. The van der Waals surface area contributed by atoms with Crippen LogP contribution >= 0.6 is 0 Å². The molecular formula is C14H24N2O2S. The molecule has 0 aliphatic heterocycles. The van der Waals surface area contributed by atoms with Crippen molar-refractivity contribution in [2.75, 3.05) is 12.3 Å². The van der Waals surface area contributed by atoms with Crippen molar-refractivity contribution in [3.8, 4) is 0 Å². The molecule has 0 radical (unpaired) electrons. The zero-order chi connectivity index (χ0) is 14.5. The van der Waals surface area contributed by atoms with Gasteiger partial charge in [0, 0.05) is 18.3 Å². The Morgan fingerprint density at radius 2 is 1.74 bits per heavy atom. The summed E-state index contributed by atoms with van der Waals surface area (Å²) in [5.41, 5.74) is 6.17. The van der Waals surface area contributed by atoms with E-state index in [1.165, 1.54) is 0 Å². The Hall–Kier alpha value is -1.07. The van der Waals surface area contributed by atoms with Gasteiger partial charge in [0.15, 0.2) is 0 Å². The molecule has 1 rings (SSSR count). The highest BCUT2D eigenvalue weighted by atomic mass is 32.2. The van der Waals surface area contributed by atoms with E-state index in [-0.39, 0.29) is 6.04 Å². The minimum Gasteiger partial charge on any atom is -0.399 e. The third kappa shape index (κ3) is 4.21. The first kappa shape index (κ1) is 16.0. The summed E-state index contributed by atoms with van der Waals surface area (Å²) in [7, 11) is -3.42. The summed E-state index contributed by atoms with van der Waals surface area (Å²) in [6.45, 7) is 6.48. The van der Waals surface area contributed by atoms with E-state index in [1.54, 1.807) is 28.6 Å². The number of rotatable bonds is 7. The van der Waals surface area contributed by atoms with Crippen LogP contribution in [0.3, 0.4) is 0 Å². The van der Waals surface area contributed by atoms with E-state index in [4.69, 9.17) is 5.73 Å². The lowest BCUT2D eigenvalue weighted by Crippen LogP contribution is -2.37. The van der Waals surface area contributed by atoms with Crippen molar-refractivity contribution in [2.24, 2.45) is 0 Å². The molecule has 5 heteroatoms. The van der Waals surface area contributed by atoms with Gasteiger partial charge in [-0.25, -0.2) is 8.42 Å². The van der Waals surface area contributed by atoms with Gasteiger partial charge in [-0.1, -0.05) is 19.8 Å². The number of nitrogens with two attached hydrogens (primary N) is 1. The zero-order valence-corrected chi connectivity index (χ0v) is 12.8. The summed E-state index contributed by atoms with van der Waals surface area (Å²) < 4.78 is 26.7. The smallest absolute Gasteiger partial charge is 0.243 e. The van der Waals surface area contributed by atoms with E-state index >= 15 is 0 Å². The minimum absolute atomic E-state index is 0.0422. The molecule has 4 nitrogen and oxygen atoms in total. The Morgan fingerprint density at radius 3 is 2.21 bits per heavy atom. The topological polar surface area (TPSA) is 63.4 Å². The molecule has 0 aliphatic carbocycles. The van der Waals surface area contributed by atoms with Crippen LogP contribution in [0.25, 0.3) is 0 Å². The van der Waals surface area contributed by atoms with Crippen LogP contribution in [0, 0.1) is 0 Å². The summed E-state index contributed by atoms with van der Waals surface area (Å²) in [6, 6.07) is 6.34. The van der Waals surface area contributed by atoms with Crippen LogP contribution in [-0.2, 0) is 10.0 Å². The molecule has 1 aromatic carbocycles. The van der Waals surface area contributed by atoms with Gasteiger partial charge in [-0.15, -0.1) is 0 Å². The fraction of sp³-hybridized carbons (Fsp3) is 0.571. The highest BCUT2D eigenvalue weighted by Crippen LogP contribution is 2.20. The van der Waals surface area contributed by atoms with Crippen molar-refractivity contribution in [3.05, 3.63) is 24.3 Å². The van der Waals surface area contributed by atoms with Gasteiger partial charge >= 0.3 is 0 Å². The molecule has 19 heavy (non-hydrogen) atoms. The normalized spacial score (nSPS) is 12.3. The molecule has 108 valence electrons. The third-order valence-corrected chi connectivity index (χ3v) is 5.13. The lowest BCUT2D eigenvalue weighted by molar-refractivity contribution is 0.345. The van der Waals surface area contributed by atoms with E-state index in [0.717, 1.165) is 19.3 Å². The van der Waals surface area contributed by atoms with Crippen LogP contribution in [0.5, 0.6) is 0 Å². The largest absolute Gasteiger partial charge is 0.399 e. The summed E-state index contributed by atoms with van der Waals surface area (Å²) >= 11 is 0. The Kier molecular flexibility index (Phi) is 5.82. The molecule has 0 saturated carbocycles. The van der Waals surface area contributed by atoms with Crippen LogP contribution in [0.2, 0.25) is 0 Å². The zero-order valence-electron chi connectivity index (χ0n) is 12.0. The summed E-state index contributed by atoms with van der Waals surface area (Å²) in [5, 5.41) is 0. The first-order valence-electron chi connectivity index (χ1n) is 6.77. The van der Waals surface area contributed by atoms with E-state index < -0.39 is 10.0 Å². The van der Waals surface area contributed by atoms with Crippen LogP contribution in [0.4, 0.5) is 5.69 Å². The molecule has 0 aliphatic rings. The van der Waals surface area contributed by atoms with Crippen molar-refractivity contribution in [1.29, 1.82) is 0 Å². The quantitative estimate of drug-likeness (QED) is 0.618. The van der Waals surface area contributed by atoms with Crippen molar-refractivity contribution < 1.29 is 8.42 Å². The molecule has 1 aromatic rings. The Balaban J connectivity index is 2.96. The second kappa shape index (κ2) is 6.91. The molecule has 0 heterocycles. The standard InChI is InChI=1S/C14H24N2O2S/c1-4-5-6-11-16(12(2)3)19(17,18)14-9-7-13(15)8-10-14/h7-10,12H,4-6,11,15H2,1-3H3. The first-order chi connectivity index (χ1) is 8.89. The van der Waals surface area contributed by atoms with E-state index in [0.29, 0.717) is 17.1 Å². The van der Waals surface area contributed by atoms with E-state index in [1.807, 2.05) is 13.8 Å². The van der Waals surface area contributed by atoms with Gasteiger partial charge in [0.2, 0.25) is 10.0 Å². The summed E-state index contributed by atoms with van der Waals surface area (Å²) in [6.07, 6.45) is 3.01. The van der Waals surface area contributed by atoms with Crippen molar-refractivity contribution in [1.82, 2.24) is 4.31 Å². The number of sulfonamides is 1. The maximum atomic E-state index is 12.6. The number of hydrogen-bond donors (Lipinski definition) is 1. The number of nitrogens with zero attached hydrogens (tertiary/aromatic N) is 1. The van der Waals surface area contributed by atoms with Gasteiger partial charge in [-0.05, 0) is 44.5 Å². The van der Waals surface area contributed by atoms with Crippen molar-refractivity contribution in [3.63, 3.8) is 0 Å². The maximum Gasteiger partial charge on any atom is 0.243 e. The van der Waals surface area contributed by atoms with Gasteiger partial charge in [0.1, 0.15) is 0 Å². The number of benzene rings is 1. The maximum absolute atomic E-state index is 12.6. The van der Waals surface area contributed by atoms with Crippen LogP contribution in [0.1, 0.15) is 40.0 Å². The molecular weight excluding hydrogens is 260 g/mol. The summed E-state index contributed by atoms with van der Waals surface area (Å²) in [4.78, 5) is 0.312. The molecule has 0 bridgehead atoms. The highest BCUT2D eigenvalue weighted by Gasteiger charge is 2.26. The van der Waals surface area contributed by atoms with Crippen LogP contribution in [-0.4, -0.2) is 25.3 Å². The lowest BCUT2D eigenvalue weighted by Gasteiger charge is -2.26. The molecule has 0 fully saturated rings. The molecule has 0 aromatic heterocycles. The third-order valence-electron chi connectivity index (χ3n) is 3.04. The molecule has 0 saturated heterocycles. The second-order valence-electron chi connectivity index (χ2n) is 4.99. The molecule has 2 N–H and O–H groups in total. The number of hydrogen-bond acceptors (Lipinski definition) is 3. The van der Waals surface area contributed by atoms with Gasteiger partial charge < -0.3 is 5.73 Å². The Labute approximate surface area is 116 Å². The SMILES string of the molecule is CCCCCN(C(C)C)S(=O)(=O)c1ccc(N)cc1. The first-order valence-corrected chi connectivity index (χ1v) is 8.21. The van der Waals surface area contributed by atoms with Gasteiger partial charge in [0.05, 0.1) is 4.90 Å². The number of nitrogen functional groups attached to an aromatic ring is 1. The molecule has 0 atom stereocenters. The predicted octanol–water partition coefficient (Wildman–Crippen LogP) is 2.86. The van der Waals surface area contributed by atoms with Crippen molar-refractivity contribution >= 4 is 15.7 Å². The number of unbranched alkanes of at least 4 members (excludes halogenated alkanes) is 2. The van der Waals surface area contributed by atoms with Gasteiger partial charge in [0.25, 0.3) is 0 Å². The fourth-order valence-corrected chi connectivity index (χ4v) is 3.62. The van der Waals surface area contributed by atoms with Crippen molar-refractivity contribution in [2.45, 2.75) is 51.0 Å². The lowest BCUT2D eigenvalue weighted by atomic mass is 10.2. The molecule has 0 unspecified atom stereocenters. The van der Waals surface area contributed by atoms with Crippen LogP contribution < -0.4 is 5.73 Å². The average molecular weight is 284 g/mol. The highest BCUT2D eigenvalue weighted by molar-refractivity contribution is 7.89. The van der Waals surface area contributed by atoms with Gasteiger partial charge in [-0.2, -0.15) is 4.31 Å². The van der Waals surface area contributed by atoms with Crippen LogP contribution in [0.15, 0.2) is 29.2 Å². The molecule has 0 spiro atoms. The fourth-order valence-electron chi connectivity index (χ4n) is 1.95. The van der Waals surface area contributed by atoms with Gasteiger partial charge in [-0.3, -0.25) is 0 Å². The number of anilines is 1. The van der Waals surface area contributed by atoms with E-state index in [2.05, 4.69) is 6.92 Å².